The molecule has 7 nitrogen and oxygen atoms in total. The van der Waals surface area contributed by atoms with Crippen molar-refractivity contribution in [2.24, 2.45) is 5.92 Å². The zero-order valence-electron chi connectivity index (χ0n) is 20.9. The van der Waals surface area contributed by atoms with Gasteiger partial charge in [-0.1, -0.05) is 26.0 Å². The number of imide groups is 1. The quantitative estimate of drug-likeness (QED) is 0.496. The van der Waals surface area contributed by atoms with E-state index < -0.39 is 0 Å². The van der Waals surface area contributed by atoms with Gasteiger partial charge in [0.15, 0.2) is 0 Å². The normalized spacial score (nSPS) is 13.9. The van der Waals surface area contributed by atoms with E-state index in [0.717, 1.165) is 17.1 Å². The van der Waals surface area contributed by atoms with Crippen molar-refractivity contribution in [1.29, 1.82) is 0 Å². The van der Waals surface area contributed by atoms with Crippen LogP contribution in [0.25, 0.3) is 5.57 Å². The number of rotatable bonds is 11. The van der Waals surface area contributed by atoms with Crippen molar-refractivity contribution in [3.8, 4) is 5.75 Å². The summed E-state index contributed by atoms with van der Waals surface area (Å²) in [6.07, 6.45) is 0.0198. The summed E-state index contributed by atoms with van der Waals surface area (Å²) in [5.74, 6) is 0.448. The lowest BCUT2D eigenvalue weighted by atomic mass is 10.0. The third-order valence-electron chi connectivity index (χ3n) is 5.31. The lowest BCUT2D eigenvalue weighted by molar-refractivity contribution is -0.137. The minimum absolute atomic E-state index is 0.0198. The molecule has 0 bridgehead atoms. The number of carbonyl (C=O) groups is 2. The summed E-state index contributed by atoms with van der Waals surface area (Å²) in [7, 11) is 3.93. The fourth-order valence-corrected chi connectivity index (χ4v) is 3.51. The van der Waals surface area contributed by atoms with Gasteiger partial charge in [-0.2, -0.15) is 0 Å². The molecule has 0 spiro atoms. The average molecular weight is 466 g/mol. The van der Waals surface area contributed by atoms with Crippen LogP contribution < -0.4 is 15.0 Å². The molecule has 0 aromatic heterocycles. The smallest absolute Gasteiger partial charge is 0.278 e. The molecule has 1 aliphatic heterocycles. The van der Waals surface area contributed by atoms with E-state index in [-0.39, 0.29) is 36.8 Å². The van der Waals surface area contributed by atoms with E-state index in [1.54, 1.807) is 0 Å². The van der Waals surface area contributed by atoms with E-state index in [0.29, 0.717) is 23.7 Å². The third kappa shape index (κ3) is 6.17. The molecule has 0 saturated carbocycles. The molecule has 182 valence electrons. The fraction of sp³-hybridized carbons (Fsp3) is 0.407. The first-order valence-electron chi connectivity index (χ1n) is 11.7. The molecule has 7 heteroatoms. The van der Waals surface area contributed by atoms with E-state index in [4.69, 9.17) is 9.47 Å². The number of benzene rings is 2. The van der Waals surface area contributed by atoms with Crippen LogP contribution in [-0.2, 0) is 14.3 Å². The molecule has 3 rings (SSSR count). The van der Waals surface area contributed by atoms with Crippen LogP contribution in [0.2, 0.25) is 0 Å². The van der Waals surface area contributed by atoms with Crippen molar-refractivity contribution in [3.63, 3.8) is 0 Å². The summed E-state index contributed by atoms with van der Waals surface area (Å²) in [6, 6.07) is 15.0. The van der Waals surface area contributed by atoms with Crippen molar-refractivity contribution < 1.29 is 19.1 Å². The predicted octanol–water partition coefficient (Wildman–Crippen LogP) is 4.40. The zero-order chi connectivity index (χ0) is 24.8. The second-order valence-corrected chi connectivity index (χ2v) is 9.23. The maximum atomic E-state index is 13.3. The molecule has 0 aliphatic carbocycles. The largest absolute Gasteiger partial charge is 0.493 e. The highest BCUT2D eigenvalue weighted by Gasteiger charge is 2.39. The van der Waals surface area contributed by atoms with Gasteiger partial charge in [-0.05, 0) is 61.7 Å². The Kier molecular flexibility index (Phi) is 8.34. The van der Waals surface area contributed by atoms with Crippen molar-refractivity contribution in [1.82, 2.24) is 4.90 Å². The number of amides is 2. The minimum Gasteiger partial charge on any atom is -0.493 e. The van der Waals surface area contributed by atoms with Gasteiger partial charge in [0.2, 0.25) is 0 Å². The van der Waals surface area contributed by atoms with Gasteiger partial charge in [-0.3, -0.25) is 14.5 Å². The van der Waals surface area contributed by atoms with E-state index in [2.05, 4.69) is 19.2 Å². The van der Waals surface area contributed by atoms with Gasteiger partial charge >= 0.3 is 0 Å². The molecule has 2 aromatic rings. The summed E-state index contributed by atoms with van der Waals surface area (Å²) in [6.45, 7) is 9.11. The number of hydrogen-bond donors (Lipinski definition) is 1. The number of anilines is 2. The predicted molar refractivity (Wildman–Crippen MR) is 136 cm³/mol. The first kappa shape index (κ1) is 25.3. The highest BCUT2D eigenvalue weighted by Crippen LogP contribution is 2.31. The molecule has 2 amide bonds. The molecular formula is C27H35N3O4. The van der Waals surface area contributed by atoms with E-state index in [1.165, 1.54) is 4.90 Å². The molecule has 1 N–H and O–H groups in total. The summed E-state index contributed by atoms with van der Waals surface area (Å²) in [4.78, 5) is 29.9. The van der Waals surface area contributed by atoms with Crippen LogP contribution in [0.1, 0.15) is 33.3 Å². The van der Waals surface area contributed by atoms with Gasteiger partial charge in [-0.15, -0.1) is 0 Å². The summed E-state index contributed by atoms with van der Waals surface area (Å²) < 4.78 is 11.4. The summed E-state index contributed by atoms with van der Waals surface area (Å²) >= 11 is 0. The van der Waals surface area contributed by atoms with Crippen LogP contribution >= 0.6 is 0 Å². The monoisotopic (exact) mass is 465 g/mol. The van der Waals surface area contributed by atoms with Gasteiger partial charge in [0, 0.05) is 25.5 Å². The highest BCUT2D eigenvalue weighted by atomic mass is 16.5. The van der Waals surface area contributed by atoms with E-state index >= 15 is 0 Å². The second kappa shape index (κ2) is 11.2. The van der Waals surface area contributed by atoms with Crippen molar-refractivity contribution in [2.45, 2.75) is 33.8 Å². The van der Waals surface area contributed by atoms with Crippen LogP contribution in [0.3, 0.4) is 0 Å². The van der Waals surface area contributed by atoms with Gasteiger partial charge < -0.3 is 19.7 Å². The number of nitrogens with one attached hydrogen (secondary N) is 1. The maximum absolute atomic E-state index is 13.3. The standard InChI is InChI=1S/C27H35N3O4/c1-18(2)17-34-23-13-7-20(8-14-23)24-25(28-21-9-11-22(12-10-21)29(5)6)27(32)30(26(24)31)15-16-33-19(3)4/h7-14,18-19,28H,15-17H2,1-6H3. The van der Waals surface area contributed by atoms with Crippen molar-refractivity contribution in [3.05, 3.63) is 59.8 Å². The Morgan fingerprint density at radius 3 is 2.12 bits per heavy atom. The molecule has 2 aromatic carbocycles. The minimum atomic E-state index is -0.357. The summed E-state index contributed by atoms with van der Waals surface area (Å²) in [5, 5.41) is 3.20. The van der Waals surface area contributed by atoms with E-state index in [1.807, 2.05) is 81.4 Å². The topological polar surface area (TPSA) is 71.1 Å². The Bertz CT molecular complexity index is 1020. The number of ether oxygens (including phenoxy) is 2. The molecule has 0 radical (unpaired) electrons. The van der Waals surface area contributed by atoms with Gasteiger partial charge in [0.05, 0.1) is 31.4 Å². The van der Waals surface area contributed by atoms with E-state index in [9.17, 15) is 9.59 Å². The zero-order valence-corrected chi connectivity index (χ0v) is 20.9. The Morgan fingerprint density at radius 1 is 0.912 bits per heavy atom. The van der Waals surface area contributed by atoms with Crippen LogP contribution in [0, 0.1) is 5.92 Å². The molecule has 0 saturated heterocycles. The van der Waals surface area contributed by atoms with Gasteiger partial charge in [0.25, 0.3) is 11.8 Å². The Morgan fingerprint density at radius 2 is 1.56 bits per heavy atom. The molecule has 0 atom stereocenters. The summed E-state index contributed by atoms with van der Waals surface area (Å²) in [5.41, 5.74) is 3.05. The second-order valence-electron chi connectivity index (χ2n) is 9.23. The van der Waals surface area contributed by atoms with Crippen molar-refractivity contribution >= 4 is 28.8 Å². The number of nitrogens with zero attached hydrogens (tertiary/aromatic N) is 2. The average Bonchev–Trinajstić information content (AvgIpc) is 3.02. The lowest BCUT2D eigenvalue weighted by Gasteiger charge is -2.17. The lowest BCUT2D eigenvalue weighted by Crippen LogP contribution is -2.35. The first-order valence-corrected chi connectivity index (χ1v) is 11.7. The molecule has 34 heavy (non-hydrogen) atoms. The Balaban J connectivity index is 1.90. The van der Waals surface area contributed by atoms with Gasteiger partial charge in [-0.25, -0.2) is 0 Å². The molecule has 0 fully saturated rings. The molecular weight excluding hydrogens is 430 g/mol. The fourth-order valence-electron chi connectivity index (χ4n) is 3.51. The first-order chi connectivity index (χ1) is 16.2. The Hall–Kier alpha value is -3.32. The SMILES string of the molecule is CC(C)COc1ccc(C2=C(Nc3ccc(N(C)C)cc3)C(=O)N(CCOC(C)C)C2=O)cc1. The third-order valence-corrected chi connectivity index (χ3v) is 5.31. The highest BCUT2D eigenvalue weighted by molar-refractivity contribution is 6.36. The van der Waals surface area contributed by atoms with Crippen LogP contribution in [-0.4, -0.2) is 56.7 Å². The molecule has 0 unspecified atom stereocenters. The Labute approximate surface area is 202 Å². The number of hydrogen-bond acceptors (Lipinski definition) is 6. The maximum Gasteiger partial charge on any atom is 0.278 e. The molecule has 1 aliphatic rings. The molecule has 1 heterocycles. The van der Waals surface area contributed by atoms with Crippen molar-refractivity contribution in [2.75, 3.05) is 44.1 Å². The van der Waals surface area contributed by atoms with Crippen LogP contribution in [0.5, 0.6) is 5.75 Å². The van der Waals surface area contributed by atoms with Gasteiger partial charge in [0.1, 0.15) is 11.4 Å². The van der Waals surface area contributed by atoms with Crippen LogP contribution in [0.4, 0.5) is 11.4 Å². The van der Waals surface area contributed by atoms with Crippen LogP contribution in [0.15, 0.2) is 54.2 Å². The number of carbonyl (C=O) groups excluding carboxylic acids is 2.